The Labute approximate surface area is 200 Å². The highest BCUT2D eigenvalue weighted by Gasteiger charge is 2.12. The highest BCUT2D eigenvalue weighted by atomic mass is 127. The summed E-state index contributed by atoms with van der Waals surface area (Å²) in [4.78, 5) is 4.45. The van der Waals surface area contributed by atoms with E-state index < -0.39 is 6.10 Å². The first-order valence-corrected chi connectivity index (χ1v) is 9.80. The number of nitrogens with zero attached hydrogens (tertiary/aromatic N) is 1. The summed E-state index contributed by atoms with van der Waals surface area (Å²) in [6.07, 6.45) is -0.996. The zero-order valence-electron chi connectivity index (χ0n) is 18.2. The molecule has 0 aliphatic heterocycles. The molecule has 9 heteroatoms. The number of halogens is 2. The second-order valence-corrected chi connectivity index (χ2v) is 6.64. The van der Waals surface area contributed by atoms with Crippen molar-refractivity contribution in [3.63, 3.8) is 0 Å². The van der Waals surface area contributed by atoms with Gasteiger partial charge in [-0.15, -0.1) is 24.0 Å². The molecule has 0 heterocycles. The van der Waals surface area contributed by atoms with Crippen LogP contribution in [0.3, 0.4) is 0 Å². The lowest BCUT2D eigenvalue weighted by atomic mass is 10.1. The van der Waals surface area contributed by atoms with Gasteiger partial charge >= 0.3 is 0 Å². The zero-order valence-corrected chi connectivity index (χ0v) is 20.6. The first-order chi connectivity index (χ1) is 14.4. The summed E-state index contributed by atoms with van der Waals surface area (Å²) in [5.74, 6) is 2.05. The molecule has 0 saturated carbocycles. The van der Waals surface area contributed by atoms with E-state index in [9.17, 15) is 9.50 Å². The van der Waals surface area contributed by atoms with E-state index in [1.807, 2.05) is 13.8 Å². The number of ether oxygens (including phenoxy) is 3. The Morgan fingerprint density at radius 1 is 1.03 bits per heavy atom. The van der Waals surface area contributed by atoms with Gasteiger partial charge in [0.1, 0.15) is 29.2 Å². The second kappa shape index (κ2) is 13.9. The highest BCUT2D eigenvalue weighted by molar-refractivity contribution is 14.0. The van der Waals surface area contributed by atoms with Gasteiger partial charge in [-0.3, -0.25) is 4.99 Å². The van der Waals surface area contributed by atoms with Crippen molar-refractivity contribution in [2.75, 3.05) is 33.9 Å². The minimum absolute atomic E-state index is 0. The summed E-state index contributed by atoms with van der Waals surface area (Å²) >= 11 is 0. The van der Waals surface area contributed by atoms with Crippen LogP contribution in [0.5, 0.6) is 17.2 Å². The molecule has 0 aliphatic rings. The standard InChI is InChI=1S/C22H30FN3O4.HI/c1-5-24-22(25-13-15(2)30-18-8-6-17(23)7-9-18)26-14-21(27)16-10-19(28-3)12-20(11-16)29-4;/h6-12,15,21,27H,5,13-14H2,1-4H3,(H2,24,25,26);1H. The number of nitrogens with one attached hydrogen (secondary N) is 2. The van der Waals surface area contributed by atoms with Crippen molar-refractivity contribution in [2.24, 2.45) is 4.99 Å². The molecule has 0 bridgehead atoms. The van der Waals surface area contributed by atoms with Crippen LogP contribution in [0.25, 0.3) is 0 Å². The van der Waals surface area contributed by atoms with Crippen LogP contribution in [0.1, 0.15) is 25.5 Å². The van der Waals surface area contributed by atoms with Crippen LogP contribution < -0.4 is 24.8 Å². The number of benzene rings is 2. The largest absolute Gasteiger partial charge is 0.497 e. The third-order valence-electron chi connectivity index (χ3n) is 4.23. The lowest BCUT2D eigenvalue weighted by molar-refractivity contribution is 0.186. The van der Waals surface area contributed by atoms with Gasteiger partial charge in [-0.25, -0.2) is 4.39 Å². The Hall–Kier alpha value is -2.27. The number of rotatable bonds is 10. The third-order valence-corrected chi connectivity index (χ3v) is 4.23. The summed E-state index contributed by atoms with van der Waals surface area (Å²) in [6.45, 7) is 5.16. The summed E-state index contributed by atoms with van der Waals surface area (Å²) in [7, 11) is 3.12. The average molecular weight is 547 g/mol. The second-order valence-electron chi connectivity index (χ2n) is 6.64. The minimum Gasteiger partial charge on any atom is -0.497 e. The average Bonchev–Trinajstić information content (AvgIpc) is 2.76. The number of guanidine groups is 1. The maximum Gasteiger partial charge on any atom is 0.191 e. The predicted octanol–water partition coefficient (Wildman–Crippen LogP) is 3.52. The molecule has 31 heavy (non-hydrogen) atoms. The maximum absolute atomic E-state index is 13.0. The van der Waals surface area contributed by atoms with Crippen molar-refractivity contribution in [3.05, 3.63) is 53.8 Å². The highest BCUT2D eigenvalue weighted by Crippen LogP contribution is 2.26. The molecule has 2 aromatic carbocycles. The van der Waals surface area contributed by atoms with Gasteiger partial charge in [0.15, 0.2) is 5.96 Å². The summed E-state index contributed by atoms with van der Waals surface area (Å²) in [5.41, 5.74) is 0.652. The first kappa shape index (κ1) is 26.8. The molecule has 0 saturated heterocycles. The smallest absolute Gasteiger partial charge is 0.191 e. The van der Waals surface area contributed by atoms with E-state index >= 15 is 0 Å². The number of aliphatic imine (C=N–C) groups is 1. The molecule has 0 radical (unpaired) electrons. The molecule has 0 aromatic heterocycles. The Balaban J connectivity index is 0.00000480. The van der Waals surface area contributed by atoms with Crippen molar-refractivity contribution in [1.82, 2.24) is 10.6 Å². The van der Waals surface area contributed by atoms with Gasteiger partial charge in [0.2, 0.25) is 0 Å². The molecule has 2 unspecified atom stereocenters. The Bertz CT molecular complexity index is 799. The fourth-order valence-electron chi connectivity index (χ4n) is 2.67. The van der Waals surface area contributed by atoms with Crippen molar-refractivity contribution >= 4 is 29.9 Å². The van der Waals surface area contributed by atoms with Crippen molar-refractivity contribution in [2.45, 2.75) is 26.1 Å². The van der Waals surface area contributed by atoms with Crippen LogP contribution in [-0.2, 0) is 0 Å². The first-order valence-electron chi connectivity index (χ1n) is 9.80. The Kier molecular flexibility index (Phi) is 12.0. The van der Waals surface area contributed by atoms with Gasteiger partial charge in [0, 0.05) is 12.6 Å². The molecule has 2 aromatic rings. The Morgan fingerprint density at radius 2 is 1.65 bits per heavy atom. The molecule has 7 nitrogen and oxygen atoms in total. The number of aliphatic hydroxyl groups excluding tert-OH is 1. The van der Waals surface area contributed by atoms with E-state index in [0.717, 1.165) is 0 Å². The third kappa shape index (κ3) is 9.18. The van der Waals surface area contributed by atoms with E-state index in [0.29, 0.717) is 41.9 Å². The molecule has 3 N–H and O–H groups in total. The van der Waals surface area contributed by atoms with Crippen LogP contribution in [0, 0.1) is 5.82 Å². The molecule has 0 aliphatic carbocycles. The number of hydrogen-bond donors (Lipinski definition) is 3. The van der Waals surface area contributed by atoms with E-state index in [4.69, 9.17) is 14.2 Å². The van der Waals surface area contributed by atoms with Crippen molar-refractivity contribution in [3.8, 4) is 17.2 Å². The molecule has 0 amide bonds. The quantitative estimate of drug-likeness (QED) is 0.240. The molecule has 2 atom stereocenters. The van der Waals surface area contributed by atoms with E-state index in [2.05, 4.69) is 15.6 Å². The normalized spacial score (nSPS) is 12.9. The molecule has 2 rings (SSSR count). The molecule has 0 fully saturated rings. The zero-order chi connectivity index (χ0) is 21.9. The monoisotopic (exact) mass is 547 g/mol. The molecular formula is C22H31FIN3O4. The fourth-order valence-corrected chi connectivity index (χ4v) is 2.67. The number of aliphatic hydroxyl groups is 1. The fraction of sp³-hybridized carbons (Fsp3) is 0.409. The van der Waals surface area contributed by atoms with Gasteiger partial charge in [0.05, 0.1) is 33.4 Å². The number of methoxy groups -OCH3 is 2. The lowest BCUT2D eigenvalue weighted by Crippen LogP contribution is -2.42. The summed E-state index contributed by atoms with van der Waals surface area (Å²) < 4.78 is 29.2. The Morgan fingerprint density at radius 3 is 2.19 bits per heavy atom. The summed E-state index contributed by atoms with van der Waals surface area (Å²) in [6, 6.07) is 11.1. The molecule has 172 valence electrons. The van der Waals surface area contributed by atoms with E-state index in [1.165, 1.54) is 12.1 Å². The van der Waals surface area contributed by atoms with Crippen molar-refractivity contribution < 1.29 is 23.7 Å². The minimum atomic E-state index is -0.822. The van der Waals surface area contributed by atoms with Gasteiger partial charge in [-0.2, -0.15) is 0 Å². The molecular weight excluding hydrogens is 516 g/mol. The maximum atomic E-state index is 13.0. The SMILES string of the molecule is CCNC(=NCC(O)c1cc(OC)cc(OC)c1)NCC(C)Oc1ccc(F)cc1.I. The lowest BCUT2D eigenvalue weighted by Gasteiger charge is -2.18. The predicted molar refractivity (Wildman–Crippen MR) is 130 cm³/mol. The summed E-state index contributed by atoms with van der Waals surface area (Å²) in [5, 5.41) is 16.9. The van der Waals surface area contributed by atoms with E-state index in [-0.39, 0.29) is 42.4 Å². The van der Waals surface area contributed by atoms with Gasteiger partial charge < -0.3 is 30.0 Å². The number of hydrogen-bond acceptors (Lipinski definition) is 5. The topological polar surface area (TPSA) is 84.3 Å². The van der Waals surface area contributed by atoms with Crippen LogP contribution in [0.2, 0.25) is 0 Å². The van der Waals surface area contributed by atoms with Crippen LogP contribution in [0.4, 0.5) is 4.39 Å². The van der Waals surface area contributed by atoms with Crippen LogP contribution in [0.15, 0.2) is 47.5 Å². The van der Waals surface area contributed by atoms with Gasteiger partial charge in [-0.05, 0) is 55.8 Å². The van der Waals surface area contributed by atoms with Gasteiger partial charge in [-0.1, -0.05) is 0 Å². The van der Waals surface area contributed by atoms with Crippen molar-refractivity contribution in [1.29, 1.82) is 0 Å². The van der Waals surface area contributed by atoms with E-state index in [1.54, 1.807) is 44.6 Å². The molecule has 0 spiro atoms. The van der Waals surface area contributed by atoms with Gasteiger partial charge in [0.25, 0.3) is 0 Å². The van der Waals surface area contributed by atoms with Crippen LogP contribution in [-0.4, -0.2) is 51.0 Å². The van der Waals surface area contributed by atoms with Crippen LogP contribution >= 0.6 is 24.0 Å².